The topological polar surface area (TPSA) is 89.4 Å². The van der Waals surface area contributed by atoms with Gasteiger partial charge in [-0.3, -0.25) is 9.59 Å². The number of alkyl halides is 1. The van der Waals surface area contributed by atoms with Crippen molar-refractivity contribution in [1.29, 1.82) is 0 Å². The molecular weight excluding hydrogens is 459 g/mol. The van der Waals surface area contributed by atoms with Crippen molar-refractivity contribution in [2.24, 2.45) is 5.73 Å². The zero-order chi connectivity index (χ0) is 25.3. The van der Waals surface area contributed by atoms with Crippen molar-refractivity contribution in [3.05, 3.63) is 89.1 Å². The van der Waals surface area contributed by atoms with Crippen molar-refractivity contribution in [2.45, 2.75) is 50.2 Å². The number of primary amides is 1. The van der Waals surface area contributed by atoms with Gasteiger partial charge in [-0.25, -0.2) is 18.2 Å². The Kier molecular flexibility index (Phi) is 6.69. The van der Waals surface area contributed by atoms with Crippen LogP contribution in [-0.2, 0) is 16.0 Å². The average Bonchev–Trinajstić information content (AvgIpc) is 3.42. The molecule has 0 radical (unpaired) electrons. The second-order valence-electron chi connectivity index (χ2n) is 9.09. The first-order valence-corrected chi connectivity index (χ1v) is 11.3. The molecule has 35 heavy (non-hydrogen) atoms. The van der Waals surface area contributed by atoms with E-state index in [1.807, 2.05) is 0 Å². The molecule has 2 N–H and O–H groups in total. The van der Waals surface area contributed by atoms with Gasteiger partial charge in [0.15, 0.2) is 0 Å². The minimum atomic E-state index is -1.91. The molecule has 0 bridgehead atoms. The van der Waals surface area contributed by atoms with Crippen molar-refractivity contribution in [1.82, 2.24) is 9.88 Å². The van der Waals surface area contributed by atoms with Gasteiger partial charge in [-0.1, -0.05) is 44.2 Å². The summed E-state index contributed by atoms with van der Waals surface area (Å²) < 4.78 is 50.4. The zero-order valence-electron chi connectivity index (χ0n) is 19.4. The third-order valence-corrected chi connectivity index (χ3v) is 6.53. The Morgan fingerprint density at radius 3 is 2.37 bits per heavy atom. The number of oxazole rings is 1. The number of amides is 2. The normalized spacial score (nSPS) is 20.9. The molecular formula is C26H26F3N3O3. The fraction of sp³-hybridized carbons (Fsp3) is 0.346. The van der Waals surface area contributed by atoms with E-state index in [9.17, 15) is 14.0 Å². The maximum Gasteiger partial charge on any atom is 0.244 e. The largest absolute Gasteiger partial charge is 0.448 e. The van der Waals surface area contributed by atoms with Crippen molar-refractivity contribution in [2.75, 3.05) is 6.54 Å². The molecule has 1 saturated heterocycles. The van der Waals surface area contributed by atoms with Crippen molar-refractivity contribution >= 4 is 11.8 Å². The molecule has 1 aliphatic rings. The van der Waals surface area contributed by atoms with Crippen LogP contribution in [0.4, 0.5) is 13.2 Å². The lowest BCUT2D eigenvalue weighted by Gasteiger charge is -2.42. The highest BCUT2D eigenvalue weighted by Crippen LogP contribution is 2.47. The molecule has 2 amide bonds. The molecule has 0 aliphatic carbocycles. The van der Waals surface area contributed by atoms with Crippen LogP contribution in [0, 0.1) is 11.6 Å². The van der Waals surface area contributed by atoms with Gasteiger partial charge in [0.1, 0.15) is 36.0 Å². The van der Waals surface area contributed by atoms with Crippen molar-refractivity contribution in [3.63, 3.8) is 0 Å². The van der Waals surface area contributed by atoms with Crippen LogP contribution in [0.25, 0.3) is 0 Å². The summed E-state index contributed by atoms with van der Waals surface area (Å²) in [5.74, 6) is -4.64. The maximum absolute atomic E-state index is 15.1. The lowest BCUT2D eigenvalue weighted by atomic mass is 9.72. The summed E-state index contributed by atoms with van der Waals surface area (Å²) in [7, 11) is 0. The summed E-state index contributed by atoms with van der Waals surface area (Å²) in [4.78, 5) is 31.5. The third-order valence-electron chi connectivity index (χ3n) is 6.53. The van der Waals surface area contributed by atoms with Gasteiger partial charge in [0, 0.05) is 17.9 Å². The third kappa shape index (κ3) is 4.42. The monoisotopic (exact) mass is 485 g/mol. The Balaban J connectivity index is 1.92. The molecule has 1 aliphatic heterocycles. The number of nitrogens with two attached hydrogens (primary N) is 1. The van der Waals surface area contributed by atoms with Gasteiger partial charge in [0.25, 0.3) is 0 Å². The fourth-order valence-corrected chi connectivity index (χ4v) is 5.12. The van der Waals surface area contributed by atoms with E-state index in [-0.39, 0.29) is 23.4 Å². The SMILES string of the molecule is CC(C)c1c(F)cc(C(c2ccccc2)[C@@]2(C(N)=O)CC(F)CN2C(=O)Cc2ncco2)cc1F. The first kappa shape index (κ1) is 24.5. The van der Waals surface area contributed by atoms with E-state index in [4.69, 9.17) is 10.2 Å². The van der Waals surface area contributed by atoms with Gasteiger partial charge in [-0.15, -0.1) is 0 Å². The highest BCUT2D eigenvalue weighted by atomic mass is 19.1. The summed E-state index contributed by atoms with van der Waals surface area (Å²) in [6, 6.07) is 10.7. The molecule has 2 aromatic carbocycles. The van der Waals surface area contributed by atoms with Crippen LogP contribution >= 0.6 is 0 Å². The van der Waals surface area contributed by atoms with E-state index in [0.717, 1.165) is 17.0 Å². The predicted molar refractivity (Wildman–Crippen MR) is 122 cm³/mol. The number of hydrogen-bond donors (Lipinski definition) is 1. The van der Waals surface area contributed by atoms with Crippen LogP contribution in [0.15, 0.2) is 59.3 Å². The number of carbonyl (C=O) groups is 2. The highest BCUT2D eigenvalue weighted by Gasteiger charge is 2.58. The van der Waals surface area contributed by atoms with Gasteiger partial charge in [-0.05, 0) is 29.2 Å². The van der Waals surface area contributed by atoms with Gasteiger partial charge in [0.2, 0.25) is 17.7 Å². The molecule has 184 valence electrons. The molecule has 9 heteroatoms. The predicted octanol–water partition coefficient (Wildman–Crippen LogP) is 4.25. The lowest BCUT2D eigenvalue weighted by Crippen LogP contribution is -2.60. The molecule has 4 rings (SSSR count). The van der Waals surface area contributed by atoms with Crippen LogP contribution in [0.2, 0.25) is 0 Å². The molecule has 1 fully saturated rings. The Hall–Kier alpha value is -3.62. The average molecular weight is 486 g/mol. The summed E-state index contributed by atoms with van der Waals surface area (Å²) >= 11 is 0. The molecule has 1 aromatic heterocycles. The van der Waals surface area contributed by atoms with E-state index >= 15 is 8.78 Å². The van der Waals surface area contributed by atoms with Crippen LogP contribution in [0.1, 0.15) is 54.7 Å². The fourth-order valence-electron chi connectivity index (χ4n) is 5.12. The zero-order valence-corrected chi connectivity index (χ0v) is 19.4. The van der Waals surface area contributed by atoms with E-state index in [0.29, 0.717) is 5.56 Å². The molecule has 0 saturated carbocycles. The highest BCUT2D eigenvalue weighted by molar-refractivity contribution is 5.93. The summed E-state index contributed by atoms with van der Waals surface area (Å²) in [5, 5.41) is 0. The molecule has 3 aromatic rings. The standard InChI is InChI=1S/C26H26F3N3O3/c1-15(2)23-19(28)10-17(11-20(23)29)24(16-6-4-3-5-7-16)26(25(30)34)13-18(27)14-32(26)22(33)12-21-31-8-9-35-21/h3-11,15,18,24H,12-14H2,1-2H3,(H2,30,34)/t18?,24?,26-/m1/s1. The molecule has 2 unspecified atom stereocenters. The van der Waals surface area contributed by atoms with Gasteiger partial charge in [-0.2, -0.15) is 0 Å². The first-order valence-electron chi connectivity index (χ1n) is 11.3. The smallest absolute Gasteiger partial charge is 0.244 e. The number of rotatable bonds is 7. The molecule has 2 heterocycles. The van der Waals surface area contributed by atoms with E-state index in [1.54, 1.807) is 44.2 Å². The number of carbonyl (C=O) groups excluding carboxylic acids is 2. The minimum Gasteiger partial charge on any atom is -0.448 e. The van der Waals surface area contributed by atoms with Crippen molar-refractivity contribution < 1.29 is 27.2 Å². The van der Waals surface area contributed by atoms with E-state index in [1.165, 1.54) is 12.5 Å². The first-order chi connectivity index (χ1) is 16.6. The Morgan fingerprint density at radius 1 is 1.17 bits per heavy atom. The summed E-state index contributed by atoms with van der Waals surface area (Å²) in [5.41, 5.74) is 4.43. The summed E-state index contributed by atoms with van der Waals surface area (Å²) in [6.07, 6.45) is 0.326. The lowest BCUT2D eigenvalue weighted by molar-refractivity contribution is -0.144. The van der Waals surface area contributed by atoms with Crippen LogP contribution in [0.3, 0.4) is 0 Å². The number of benzene rings is 2. The van der Waals surface area contributed by atoms with E-state index in [2.05, 4.69) is 4.98 Å². The second-order valence-corrected chi connectivity index (χ2v) is 9.09. The number of halogens is 3. The van der Waals surface area contributed by atoms with Gasteiger partial charge >= 0.3 is 0 Å². The number of likely N-dealkylation sites (tertiary alicyclic amines) is 1. The molecule has 3 atom stereocenters. The van der Waals surface area contributed by atoms with Gasteiger partial charge in [0.05, 0.1) is 12.7 Å². The minimum absolute atomic E-state index is 0.0809. The summed E-state index contributed by atoms with van der Waals surface area (Å²) in [6.45, 7) is 2.92. The Labute approximate surface area is 200 Å². The van der Waals surface area contributed by atoms with E-state index < -0.39 is 60.0 Å². The number of aromatic nitrogens is 1. The van der Waals surface area contributed by atoms with Crippen LogP contribution in [0.5, 0.6) is 0 Å². The second kappa shape index (κ2) is 9.56. The maximum atomic E-state index is 15.1. The van der Waals surface area contributed by atoms with Crippen LogP contribution in [-0.4, -0.2) is 40.0 Å². The van der Waals surface area contributed by atoms with Crippen molar-refractivity contribution in [3.8, 4) is 0 Å². The Bertz CT molecular complexity index is 1190. The quantitative estimate of drug-likeness (QED) is 0.542. The van der Waals surface area contributed by atoms with Crippen LogP contribution < -0.4 is 5.73 Å². The Morgan fingerprint density at radius 2 is 1.83 bits per heavy atom. The number of hydrogen-bond acceptors (Lipinski definition) is 4. The van der Waals surface area contributed by atoms with Gasteiger partial charge < -0.3 is 15.1 Å². The molecule has 6 nitrogen and oxygen atoms in total. The molecule has 0 spiro atoms. The number of nitrogens with zero attached hydrogens (tertiary/aromatic N) is 2.